The minimum atomic E-state index is 0.679. The molecule has 0 amide bonds. The molecule has 2 N–H and O–H groups in total. The number of rotatable bonds is 4. The fourth-order valence-electron chi connectivity index (χ4n) is 1.13. The molecule has 14 heavy (non-hydrogen) atoms. The van der Waals surface area contributed by atoms with Crippen LogP contribution in [0.2, 0.25) is 5.02 Å². The Balaban J connectivity index is 2.65. The lowest BCUT2D eigenvalue weighted by Crippen LogP contribution is -2.31. The van der Waals surface area contributed by atoms with Crippen molar-refractivity contribution in [2.45, 2.75) is 6.92 Å². The third kappa shape index (κ3) is 3.14. The summed E-state index contributed by atoms with van der Waals surface area (Å²) < 4.78 is 0. The molecule has 0 aliphatic carbocycles. The molecule has 0 radical (unpaired) electrons. The van der Waals surface area contributed by atoms with Crippen LogP contribution in [0.3, 0.4) is 0 Å². The van der Waals surface area contributed by atoms with Crippen LogP contribution in [0.15, 0.2) is 30.8 Å². The zero-order chi connectivity index (χ0) is 10.6. The van der Waals surface area contributed by atoms with Crippen molar-refractivity contribution in [2.75, 3.05) is 13.1 Å². The highest BCUT2D eigenvalue weighted by Crippen LogP contribution is 2.16. The Hall–Kier alpha value is -0.830. The van der Waals surface area contributed by atoms with Crippen molar-refractivity contribution in [2.24, 2.45) is 5.84 Å². The first kappa shape index (κ1) is 11.2. The fraction of sp³-hybridized carbons (Fsp3) is 0.273. The van der Waals surface area contributed by atoms with Gasteiger partial charge in [-0.15, -0.1) is 0 Å². The van der Waals surface area contributed by atoms with E-state index < -0.39 is 0 Å². The summed E-state index contributed by atoms with van der Waals surface area (Å²) in [5.41, 5.74) is 2.09. The largest absolute Gasteiger partial charge is 0.268 e. The summed E-state index contributed by atoms with van der Waals surface area (Å²) in [4.78, 5) is 0. The molecule has 0 aromatic heterocycles. The summed E-state index contributed by atoms with van der Waals surface area (Å²) >= 11 is 5.78. The molecular weight excluding hydrogens is 196 g/mol. The summed E-state index contributed by atoms with van der Waals surface area (Å²) in [6, 6.07) is 7.62. The lowest BCUT2D eigenvalue weighted by Gasteiger charge is -2.15. The lowest BCUT2D eigenvalue weighted by atomic mass is 10.1. The number of halogens is 1. The van der Waals surface area contributed by atoms with Gasteiger partial charge in [-0.1, -0.05) is 37.2 Å². The first-order valence-electron chi connectivity index (χ1n) is 4.57. The molecule has 0 aliphatic heterocycles. The van der Waals surface area contributed by atoms with Crippen molar-refractivity contribution in [1.29, 1.82) is 0 Å². The zero-order valence-electron chi connectivity index (χ0n) is 8.33. The van der Waals surface area contributed by atoms with E-state index in [0.29, 0.717) is 6.54 Å². The van der Waals surface area contributed by atoms with Crippen molar-refractivity contribution in [1.82, 2.24) is 5.01 Å². The number of nitrogens with zero attached hydrogens (tertiary/aromatic N) is 1. The van der Waals surface area contributed by atoms with Gasteiger partial charge in [-0.3, -0.25) is 5.84 Å². The molecule has 1 rings (SSSR count). The number of hydrogen-bond donors (Lipinski definition) is 1. The van der Waals surface area contributed by atoms with E-state index in [1.807, 2.05) is 31.2 Å². The predicted octanol–water partition coefficient (Wildman–Crippen LogP) is 2.55. The second-order valence-corrected chi connectivity index (χ2v) is 3.61. The van der Waals surface area contributed by atoms with E-state index in [1.165, 1.54) is 0 Å². The second-order valence-electron chi connectivity index (χ2n) is 3.17. The SMILES string of the molecule is C=C(CN(N)CC)c1ccc(Cl)cc1. The molecule has 0 heterocycles. The molecule has 0 bridgehead atoms. The zero-order valence-corrected chi connectivity index (χ0v) is 9.09. The average molecular weight is 211 g/mol. The molecule has 76 valence electrons. The number of nitrogens with two attached hydrogens (primary N) is 1. The van der Waals surface area contributed by atoms with Gasteiger partial charge in [-0.2, -0.15) is 0 Å². The van der Waals surface area contributed by atoms with E-state index in [0.717, 1.165) is 22.7 Å². The number of hydrogen-bond acceptors (Lipinski definition) is 2. The smallest absolute Gasteiger partial charge is 0.0406 e. The number of likely N-dealkylation sites (N-methyl/N-ethyl adjacent to an activating group) is 1. The molecule has 0 aliphatic rings. The van der Waals surface area contributed by atoms with E-state index in [2.05, 4.69) is 6.58 Å². The van der Waals surface area contributed by atoms with Crippen LogP contribution in [0.25, 0.3) is 5.57 Å². The predicted molar refractivity (Wildman–Crippen MR) is 61.9 cm³/mol. The highest BCUT2D eigenvalue weighted by molar-refractivity contribution is 6.30. The quantitative estimate of drug-likeness (QED) is 0.612. The van der Waals surface area contributed by atoms with E-state index in [-0.39, 0.29) is 0 Å². The Labute approximate surface area is 89.9 Å². The number of benzene rings is 1. The molecule has 1 aromatic rings. The minimum absolute atomic E-state index is 0.679. The maximum Gasteiger partial charge on any atom is 0.0406 e. The van der Waals surface area contributed by atoms with Gasteiger partial charge in [0.1, 0.15) is 0 Å². The van der Waals surface area contributed by atoms with E-state index in [9.17, 15) is 0 Å². The lowest BCUT2D eigenvalue weighted by molar-refractivity contribution is 0.338. The monoisotopic (exact) mass is 210 g/mol. The molecule has 0 spiro atoms. The molecule has 0 saturated carbocycles. The van der Waals surface area contributed by atoms with Gasteiger partial charge in [0.2, 0.25) is 0 Å². The first-order chi connectivity index (χ1) is 6.63. The summed E-state index contributed by atoms with van der Waals surface area (Å²) in [5, 5.41) is 2.46. The molecule has 1 aromatic carbocycles. The van der Waals surface area contributed by atoms with Gasteiger partial charge >= 0.3 is 0 Å². The van der Waals surface area contributed by atoms with E-state index in [1.54, 1.807) is 5.01 Å². The molecule has 3 heteroatoms. The van der Waals surface area contributed by atoms with Crippen LogP contribution in [0, 0.1) is 0 Å². The second kappa shape index (κ2) is 5.15. The summed E-state index contributed by atoms with van der Waals surface area (Å²) in [6.07, 6.45) is 0. The third-order valence-corrected chi connectivity index (χ3v) is 2.30. The maximum atomic E-state index is 5.78. The molecule has 0 saturated heterocycles. The van der Waals surface area contributed by atoms with E-state index in [4.69, 9.17) is 17.4 Å². The normalized spacial score (nSPS) is 10.6. The molecule has 2 nitrogen and oxygen atoms in total. The highest BCUT2D eigenvalue weighted by atomic mass is 35.5. The topological polar surface area (TPSA) is 29.3 Å². The maximum absolute atomic E-state index is 5.78. The van der Waals surface area contributed by atoms with Gasteiger partial charge in [0, 0.05) is 18.1 Å². The fourth-order valence-corrected chi connectivity index (χ4v) is 1.26. The number of hydrazine groups is 1. The Morgan fingerprint density at radius 1 is 1.43 bits per heavy atom. The summed E-state index contributed by atoms with van der Waals surface area (Å²) in [7, 11) is 0. The Kier molecular flexibility index (Phi) is 4.14. The molecular formula is C11H15ClN2. The Bertz CT molecular complexity index is 306. The standard InChI is InChI=1S/C11H15ClN2/c1-3-14(13)8-9(2)10-4-6-11(12)7-5-10/h4-7H,2-3,8,13H2,1H3. The van der Waals surface area contributed by atoms with E-state index >= 15 is 0 Å². The Morgan fingerprint density at radius 2 is 2.00 bits per heavy atom. The average Bonchev–Trinajstić information content (AvgIpc) is 2.18. The van der Waals surface area contributed by atoms with Crippen LogP contribution >= 0.6 is 11.6 Å². The van der Waals surface area contributed by atoms with Gasteiger partial charge in [0.15, 0.2) is 0 Å². The van der Waals surface area contributed by atoms with Crippen molar-refractivity contribution >= 4 is 17.2 Å². The van der Waals surface area contributed by atoms with Crippen molar-refractivity contribution in [3.63, 3.8) is 0 Å². The van der Waals surface area contributed by atoms with Gasteiger partial charge in [-0.05, 0) is 23.3 Å². The van der Waals surface area contributed by atoms with Crippen LogP contribution in [0.1, 0.15) is 12.5 Å². The molecule has 0 atom stereocenters. The van der Waals surface area contributed by atoms with Crippen LogP contribution < -0.4 is 5.84 Å². The van der Waals surface area contributed by atoms with Gasteiger partial charge < -0.3 is 0 Å². The molecule has 0 unspecified atom stereocenters. The van der Waals surface area contributed by atoms with Crippen LogP contribution in [0.5, 0.6) is 0 Å². The van der Waals surface area contributed by atoms with Crippen LogP contribution in [-0.2, 0) is 0 Å². The summed E-state index contributed by atoms with van der Waals surface area (Å²) in [5.74, 6) is 5.69. The minimum Gasteiger partial charge on any atom is -0.268 e. The van der Waals surface area contributed by atoms with Crippen molar-refractivity contribution < 1.29 is 0 Å². The first-order valence-corrected chi connectivity index (χ1v) is 4.94. The summed E-state index contributed by atoms with van der Waals surface area (Å²) in [6.45, 7) is 7.48. The van der Waals surface area contributed by atoms with Gasteiger partial charge in [-0.25, -0.2) is 5.01 Å². The van der Waals surface area contributed by atoms with Crippen molar-refractivity contribution in [3.05, 3.63) is 41.4 Å². The molecule has 0 fully saturated rings. The van der Waals surface area contributed by atoms with Crippen molar-refractivity contribution in [3.8, 4) is 0 Å². The Morgan fingerprint density at radius 3 is 2.50 bits per heavy atom. The highest BCUT2D eigenvalue weighted by Gasteiger charge is 2.01. The van der Waals surface area contributed by atoms with Crippen LogP contribution in [0.4, 0.5) is 0 Å². The van der Waals surface area contributed by atoms with Gasteiger partial charge in [0.05, 0.1) is 0 Å². The third-order valence-electron chi connectivity index (χ3n) is 2.05. The van der Waals surface area contributed by atoms with Crippen LogP contribution in [-0.4, -0.2) is 18.1 Å². The van der Waals surface area contributed by atoms with Gasteiger partial charge in [0.25, 0.3) is 0 Å².